The zero-order chi connectivity index (χ0) is 13.5. The Morgan fingerprint density at radius 3 is 2.53 bits per heavy atom. The Balaban J connectivity index is 1.81. The molecule has 2 unspecified atom stereocenters. The fourth-order valence-corrected chi connectivity index (χ4v) is 5.81. The van der Waals surface area contributed by atoms with Gasteiger partial charge in [0.1, 0.15) is 5.82 Å². The molecule has 2 nitrogen and oxygen atoms in total. The summed E-state index contributed by atoms with van der Waals surface area (Å²) < 4.78 is 25.9. The minimum absolute atomic E-state index is 0.101. The molecule has 2 saturated heterocycles. The zero-order valence-corrected chi connectivity index (χ0v) is 11.7. The summed E-state index contributed by atoms with van der Waals surface area (Å²) in [4.78, 5) is 0. The van der Waals surface area contributed by atoms with E-state index in [0.29, 0.717) is 24.8 Å². The van der Waals surface area contributed by atoms with Gasteiger partial charge in [-0.05, 0) is 37.3 Å². The van der Waals surface area contributed by atoms with Crippen LogP contribution in [0.3, 0.4) is 0 Å². The lowest BCUT2D eigenvalue weighted by atomic mass is 9.81. The van der Waals surface area contributed by atoms with Crippen LogP contribution in [0.2, 0.25) is 0 Å². The van der Waals surface area contributed by atoms with Gasteiger partial charge in [0.2, 0.25) is 0 Å². The highest BCUT2D eigenvalue weighted by molar-refractivity contribution is 7.86. The molecule has 2 aliphatic heterocycles. The van der Waals surface area contributed by atoms with E-state index in [4.69, 9.17) is 0 Å². The van der Waals surface area contributed by atoms with Crippen LogP contribution in [0, 0.1) is 5.82 Å². The number of aliphatic hydroxyl groups is 1. The Morgan fingerprint density at radius 2 is 1.89 bits per heavy atom. The molecule has 0 radical (unpaired) electrons. The van der Waals surface area contributed by atoms with Gasteiger partial charge in [0.05, 0.1) is 5.60 Å². The molecule has 19 heavy (non-hydrogen) atoms. The Bertz CT molecular complexity index is 487. The first kappa shape index (κ1) is 13.3. The molecule has 2 heterocycles. The summed E-state index contributed by atoms with van der Waals surface area (Å²) in [5, 5.41) is 11.0. The lowest BCUT2D eigenvalue weighted by molar-refractivity contribution is 0.0107. The van der Waals surface area contributed by atoms with Crippen LogP contribution in [0.1, 0.15) is 37.7 Å². The lowest BCUT2D eigenvalue weighted by Crippen LogP contribution is -2.50. The van der Waals surface area contributed by atoms with Crippen molar-refractivity contribution in [2.24, 2.45) is 0 Å². The van der Waals surface area contributed by atoms with Gasteiger partial charge in [-0.2, -0.15) is 0 Å². The van der Waals surface area contributed by atoms with Crippen molar-refractivity contribution < 1.29 is 13.7 Å². The van der Waals surface area contributed by atoms with E-state index < -0.39 is 16.4 Å². The number of fused-ring (bicyclic) bond motifs is 2. The van der Waals surface area contributed by atoms with E-state index >= 15 is 0 Å². The highest BCUT2D eigenvalue weighted by atomic mass is 32.2. The molecule has 0 amide bonds. The molecule has 2 atom stereocenters. The van der Waals surface area contributed by atoms with Gasteiger partial charge in [-0.1, -0.05) is 24.6 Å². The summed E-state index contributed by atoms with van der Waals surface area (Å²) in [6.07, 6.45) is 4.40. The van der Waals surface area contributed by atoms with Crippen molar-refractivity contribution in [3.05, 3.63) is 35.6 Å². The van der Waals surface area contributed by atoms with Gasteiger partial charge >= 0.3 is 0 Å². The molecule has 0 spiro atoms. The molecule has 104 valence electrons. The fraction of sp³-hybridized carbons (Fsp3) is 0.600. The number of rotatable bonds is 2. The molecule has 2 bridgehead atoms. The zero-order valence-electron chi connectivity index (χ0n) is 10.8. The lowest BCUT2D eigenvalue weighted by Gasteiger charge is -2.43. The third-order valence-electron chi connectivity index (χ3n) is 4.40. The van der Waals surface area contributed by atoms with Crippen LogP contribution in [0.4, 0.5) is 4.39 Å². The molecule has 0 saturated carbocycles. The van der Waals surface area contributed by atoms with E-state index in [2.05, 4.69) is 0 Å². The standard InChI is InChI=1S/C15H19FO2S/c16-14-7-2-1-4-11(14)8-15(17)9-12-5-3-6-13(10-15)19(12)18/h1-2,4,7,12-13,17H,3,5-6,8-10H2. The summed E-state index contributed by atoms with van der Waals surface area (Å²) in [6, 6.07) is 6.62. The third kappa shape index (κ3) is 2.61. The second-order valence-electron chi connectivity index (χ2n) is 5.90. The van der Waals surface area contributed by atoms with Crippen molar-refractivity contribution in [2.45, 2.75) is 54.6 Å². The molecule has 3 rings (SSSR count). The van der Waals surface area contributed by atoms with Gasteiger partial charge in [0.25, 0.3) is 0 Å². The Morgan fingerprint density at radius 1 is 1.26 bits per heavy atom. The van der Waals surface area contributed by atoms with E-state index in [9.17, 15) is 13.7 Å². The number of hydrogen-bond acceptors (Lipinski definition) is 2. The fourth-order valence-electron chi connectivity index (χ4n) is 3.52. The highest BCUT2D eigenvalue weighted by Crippen LogP contribution is 2.40. The topological polar surface area (TPSA) is 37.3 Å². The van der Waals surface area contributed by atoms with Crippen molar-refractivity contribution in [2.75, 3.05) is 0 Å². The molecule has 1 aromatic carbocycles. The molecular weight excluding hydrogens is 263 g/mol. The van der Waals surface area contributed by atoms with Crippen LogP contribution in [0.15, 0.2) is 24.3 Å². The van der Waals surface area contributed by atoms with Gasteiger partial charge in [-0.25, -0.2) is 4.39 Å². The predicted octanol–water partition coefficient (Wildman–Crippen LogP) is 2.56. The van der Waals surface area contributed by atoms with Gasteiger partial charge in [-0.3, -0.25) is 4.21 Å². The normalized spacial score (nSPS) is 38.1. The highest BCUT2D eigenvalue weighted by Gasteiger charge is 2.45. The van der Waals surface area contributed by atoms with Crippen LogP contribution in [0.25, 0.3) is 0 Å². The van der Waals surface area contributed by atoms with Crippen LogP contribution in [0.5, 0.6) is 0 Å². The minimum Gasteiger partial charge on any atom is -0.389 e. The van der Waals surface area contributed by atoms with Crippen LogP contribution < -0.4 is 0 Å². The molecule has 1 N–H and O–H groups in total. The Kier molecular flexibility index (Phi) is 3.48. The predicted molar refractivity (Wildman–Crippen MR) is 73.9 cm³/mol. The first-order valence-corrected chi connectivity index (χ1v) is 8.20. The van der Waals surface area contributed by atoms with Crippen LogP contribution in [-0.2, 0) is 17.2 Å². The molecule has 2 fully saturated rings. The molecule has 0 aliphatic carbocycles. The maximum atomic E-state index is 13.7. The smallest absolute Gasteiger partial charge is 0.126 e. The summed E-state index contributed by atoms with van der Waals surface area (Å²) in [5.41, 5.74) is -0.318. The Hall–Kier alpha value is -0.740. The van der Waals surface area contributed by atoms with Crippen LogP contribution >= 0.6 is 0 Å². The quantitative estimate of drug-likeness (QED) is 0.905. The van der Waals surface area contributed by atoms with Crippen LogP contribution in [-0.4, -0.2) is 25.4 Å². The second kappa shape index (κ2) is 4.98. The minimum atomic E-state index is -0.883. The van der Waals surface area contributed by atoms with Crippen molar-refractivity contribution >= 4 is 10.8 Å². The van der Waals surface area contributed by atoms with E-state index in [1.54, 1.807) is 18.2 Å². The molecular formula is C15H19FO2S. The largest absolute Gasteiger partial charge is 0.389 e. The van der Waals surface area contributed by atoms with Gasteiger partial charge in [-0.15, -0.1) is 0 Å². The molecule has 4 heteroatoms. The molecule has 1 aromatic rings. The maximum Gasteiger partial charge on any atom is 0.126 e. The van der Waals surface area contributed by atoms with Gasteiger partial charge in [0, 0.05) is 27.7 Å². The maximum absolute atomic E-state index is 13.7. The summed E-state index contributed by atoms with van der Waals surface area (Å²) in [7, 11) is -0.800. The van der Waals surface area contributed by atoms with E-state index in [1.165, 1.54) is 6.07 Å². The first-order valence-electron chi connectivity index (χ1n) is 6.93. The summed E-state index contributed by atoms with van der Waals surface area (Å²) in [5.74, 6) is -0.257. The van der Waals surface area contributed by atoms with E-state index in [0.717, 1.165) is 19.3 Å². The molecule has 0 aromatic heterocycles. The Labute approximate surface area is 115 Å². The average molecular weight is 282 g/mol. The first-order chi connectivity index (χ1) is 9.07. The van der Waals surface area contributed by atoms with Gasteiger partial charge < -0.3 is 5.11 Å². The monoisotopic (exact) mass is 282 g/mol. The molecule has 2 aliphatic rings. The third-order valence-corrected chi connectivity index (χ3v) is 6.52. The SMILES string of the molecule is O=S1C2CCCC1CC(O)(Cc1ccccc1F)C2. The van der Waals surface area contributed by atoms with Crippen molar-refractivity contribution in [1.82, 2.24) is 0 Å². The van der Waals surface area contributed by atoms with E-state index in [-0.39, 0.29) is 16.3 Å². The summed E-state index contributed by atoms with van der Waals surface area (Å²) in [6.45, 7) is 0. The van der Waals surface area contributed by atoms with Gasteiger partial charge in [0.15, 0.2) is 0 Å². The number of hydrogen-bond donors (Lipinski definition) is 1. The average Bonchev–Trinajstić information content (AvgIpc) is 2.35. The second-order valence-corrected chi connectivity index (χ2v) is 7.89. The van der Waals surface area contributed by atoms with Crippen molar-refractivity contribution in [1.29, 1.82) is 0 Å². The number of benzene rings is 1. The summed E-state index contributed by atoms with van der Waals surface area (Å²) >= 11 is 0. The van der Waals surface area contributed by atoms with E-state index in [1.807, 2.05) is 0 Å². The number of halogens is 1. The van der Waals surface area contributed by atoms with Crippen molar-refractivity contribution in [3.8, 4) is 0 Å². The van der Waals surface area contributed by atoms with Crippen molar-refractivity contribution in [3.63, 3.8) is 0 Å².